The van der Waals surface area contributed by atoms with Crippen molar-refractivity contribution in [1.29, 1.82) is 0 Å². The summed E-state index contributed by atoms with van der Waals surface area (Å²) in [5.74, 6) is 0. The monoisotopic (exact) mass is 201 g/mol. The standard InChI is InChI=1S/C13H15NO/c1-9(2)13-7-12(6-5-10(13)3)11(4)14-8-15/h5-7,11H,1H2,2-4H3. The van der Waals surface area contributed by atoms with E-state index in [9.17, 15) is 4.79 Å². The van der Waals surface area contributed by atoms with E-state index in [2.05, 4.69) is 11.6 Å². The largest absolute Gasteiger partial charge is 0.235 e. The first-order chi connectivity index (χ1) is 7.06. The zero-order valence-electron chi connectivity index (χ0n) is 9.37. The first-order valence-electron chi connectivity index (χ1n) is 4.89. The highest BCUT2D eigenvalue weighted by Gasteiger charge is 2.06. The number of aryl methyl sites for hydroxylation is 1. The molecule has 1 atom stereocenters. The van der Waals surface area contributed by atoms with Crippen molar-refractivity contribution in [1.82, 2.24) is 0 Å². The summed E-state index contributed by atoms with van der Waals surface area (Å²) in [7, 11) is 0. The van der Waals surface area contributed by atoms with Crippen LogP contribution in [0.3, 0.4) is 0 Å². The second kappa shape index (κ2) is 4.72. The van der Waals surface area contributed by atoms with Crippen LogP contribution in [0.1, 0.15) is 36.6 Å². The average molecular weight is 201 g/mol. The average Bonchev–Trinajstić information content (AvgIpc) is 2.18. The predicted octanol–water partition coefficient (Wildman–Crippen LogP) is 3.42. The van der Waals surface area contributed by atoms with Gasteiger partial charge in [-0.05, 0) is 43.5 Å². The Hall–Kier alpha value is -1.66. The molecule has 0 saturated heterocycles. The minimum Gasteiger partial charge on any atom is -0.211 e. The summed E-state index contributed by atoms with van der Waals surface area (Å²) in [4.78, 5) is 13.9. The Bertz CT molecular complexity index is 428. The van der Waals surface area contributed by atoms with E-state index < -0.39 is 0 Å². The summed E-state index contributed by atoms with van der Waals surface area (Å²) in [5, 5.41) is 0. The lowest BCUT2D eigenvalue weighted by atomic mass is 9.97. The second-order valence-electron chi connectivity index (χ2n) is 3.75. The van der Waals surface area contributed by atoms with Gasteiger partial charge in [0.05, 0.1) is 6.04 Å². The molecule has 0 spiro atoms. The van der Waals surface area contributed by atoms with Crippen LogP contribution in [-0.2, 0) is 4.79 Å². The van der Waals surface area contributed by atoms with E-state index in [0.717, 1.165) is 16.7 Å². The van der Waals surface area contributed by atoms with Crippen LogP contribution < -0.4 is 0 Å². The Morgan fingerprint density at radius 2 is 2.20 bits per heavy atom. The van der Waals surface area contributed by atoms with Crippen LogP contribution in [0.15, 0.2) is 29.8 Å². The Morgan fingerprint density at radius 1 is 1.53 bits per heavy atom. The molecule has 0 aliphatic rings. The topological polar surface area (TPSA) is 29.4 Å². The van der Waals surface area contributed by atoms with E-state index in [1.54, 1.807) is 6.08 Å². The SMILES string of the molecule is C=C(C)c1cc(C(C)N=C=O)ccc1C. The molecule has 0 aliphatic heterocycles. The zero-order valence-corrected chi connectivity index (χ0v) is 9.37. The molecular formula is C13H15NO. The normalized spacial score (nSPS) is 11.7. The first kappa shape index (κ1) is 11.4. The van der Waals surface area contributed by atoms with Crippen molar-refractivity contribution in [2.75, 3.05) is 0 Å². The van der Waals surface area contributed by atoms with Crippen molar-refractivity contribution in [3.8, 4) is 0 Å². The third-order valence-electron chi connectivity index (χ3n) is 2.45. The molecule has 1 unspecified atom stereocenters. The minimum absolute atomic E-state index is 0.138. The maximum Gasteiger partial charge on any atom is 0.235 e. The molecule has 0 fully saturated rings. The van der Waals surface area contributed by atoms with Gasteiger partial charge < -0.3 is 0 Å². The fourth-order valence-electron chi connectivity index (χ4n) is 1.51. The lowest BCUT2D eigenvalue weighted by molar-refractivity contribution is 0.559. The van der Waals surface area contributed by atoms with Gasteiger partial charge in [0.1, 0.15) is 0 Å². The number of benzene rings is 1. The molecule has 1 aromatic rings. The molecule has 0 amide bonds. The van der Waals surface area contributed by atoms with Gasteiger partial charge in [-0.25, -0.2) is 4.79 Å². The van der Waals surface area contributed by atoms with Gasteiger partial charge in [-0.1, -0.05) is 24.3 Å². The molecule has 0 bridgehead atoms. The van der Waals surface area contributed by atoms with Crippen molar-refractivity contribution in [2.24, 2.45) is 4.99 Å². The van der Waals surface area contributed by atoms with Crippen LogP contribution in [0.25, 0.3) is 5.57 Å². The van der Waals surface area contributed by atoms with Crippen LogP contribution in [-0.4, -0.2) is 6.08 Å². The van der Waals surface area contributed by atoms with Gasteiger partial charge in [-0.2, -0.15) is 4.99 Å². The maximum atomic E-state index is 10.2. The molecule has 1 aromatic carbocycles. The number of aliphatic imine (C=N–C) groups is 1. The first-order valence-corrected chi connectivity index (χ1v) is 4.89. The van der Waals surface area contributed by atoms with Crippen molar-refractivity contribution >= 4 is 11.7 Å². The Kier molecular flexibility index (Phi) is 3.59. The van der Waals surface area contributed by atoms with Crippen molar-refractivity contribution in [3.63, 3.8) is 0 Å². The number of nitrogens with zero attached hydrogens (tertiary/aromatic N) is 1. The molecule has 0 heterocycles. The van der Waals surface area contributed by atoms with Gasteiger partial charge in [0, 0.05) is 0 Å². The fourth-order valence-corrected chi connectivity index (χ4v) is 1.51. The van der Waals surface area contributed by atoms with Crippen LogP contribution in [0.4, 0.5) is 0 Å². The van der Waals surface area contributed by atoms with Crippen molar-refractivity contribution in [3.05, 3.63) is 41.5 Å². The van der Waals surface area contributed by atoms with Crippen LogP contribution >= 0.6 is 0 Å². The van der Waals surface area contributed by atoms with E-state index in [-0.39, 0.29) is 6.04 Å². The molecule has 0 aliphatic carbocycles. The molecule has 2 nitrogen and oxygen atoms in total. The van der Waals surface area contributed by atoms with E-state index in [0.29, 0.717) is 0 Å². The summed E-state index contributed by atoms with van der Waals surface area (Å²) in [6.45, 7) is 9.81. The van der Waals surface area contributed by atoms with Crippen molar-refractivity contribution < 1.29 is 4.79 Å². The fraction of sp³-hybridized carbons (Fsp3) is 0.308. The lowest BCUT2D eigenvalue weighted by Crippen LogP contribution is -1.93. The van der Waals surface area contributed by atoms with Gasteiger partial charge in [-0.15, -0.1) is 0 Å². The van der Waals surface area contributed by atoms with Crippen LogP contribution in [0, 0.1) is 6.92 Å². The maximum absolute atomic E-state index is 10.2. The van der Waals surface area contributed by atoms with Gasteiger partial charge in [0.25, 0.3) is 0 Å². The summed E-state index contributed by atoms with van der Waals surface area (Å²) in [5.41, 5.74) is 4.35. The van der Waals surface area contributed by atoms with Gasteiger partial charge in [0.2, 0.25) is 6.08 Å². The Labute approximate surface area is 90.4 Å². The molecule has 15 heavy (non-hydrogen) atoms. The molecule has 78 valence electrons. The zero-order chi connectivity index (χ0) is 11.4. The number of allylic oxidation sites excluding steroid dienone is 1. The van der Waals surface area contributed by atoms with Crippen LogP contribution in [0.2, 0.25) is 0 Å². The third kappa shape index (κ3) is 2.64. The summed E-state index contributed by atoms with van der Waals surface area (Å²) < 4.78 is 0. The highest BCUT2D eigenvalue weighted by molar-refractivity contribution is 5.65. The highest BCUT2D eigenvalue weighted by atomic mass is 16.1. The number of carbonyl (C=O) groups excluding carboxylic acids is 1. The van der Waals surface area contributed by atoms with Crippen molar-refractivity contribution in [2.45, 2.75) is 26.8 Å². The molecule has 0 saturated carbocycles. The Morgan fingerprint density at radius 3 is 2.73 bits per heavy atom. The number of hydrogen-bond donors (Lipinski definition) is 0. The Balaban J connectivity index is 3.18. The van der Waals surface area contributed by atoms with Gasteiger partial charge >= 0.3 is 0 Å². The number of hydrogen-bond acceptors (Lipinski definition) is 2. The minimum atomic E-state index is -0.138. The number of rotatable bonds is 3. The van der Waals surface area contributed by atoms with Gasteiger partial charge in [0.15, 0.2) is 0 Å². The van der Waals surface area contributed by atoms with E-state index in [1.807, 2.05) is 39.0 Å². The van der Waals surface area contributed by atoms with E-state index >= 15 is 0 Å². The summed E-state index contributed by atoms with van der Waals surface area (Å²) in [6.07, 6.45) is 1.58. The molecular weight excluding hydrogens is 186 g/mol. The smallest absolute Gasteiger partial charge is 0.211 e. The van der Waals surface area contributed by atoms with Gasteiger partial charge in [-0.3, -0.25) is 0 Å². The molecule has 0 radical (unpaired) electrons. The molecule has 0 aromatic heterocycles. The predicted molar refractivity (Wildman–Crippen MR) is 62.4 cm³/mol. The molecule has 0 N–H and O–H groups in total. The highest BCUT2D eigenvalue weighted by Crippen LogP contribution is 2.23. The van der Waals surface area contributed by atoms with Crippen LogP contribution in [0.5, 0.6) is 0 Å². The molecule has 2 heteroatoms. The second-order valence-corrected chi connectivity index (χ2v) is 3.75. The third-order valence-corrected chi connectivity index (χ3v) is 2.45. The van der Waals surface area contributed by atoms with E-state index in [1.165, 1.54) is 5.56 Å². The van der Waals surface area contributed by atoms with E-state index in [4.69, 9.17) is 0 Å². The summed E-state index contributed by atoms with van der Waals surface area (Å²) in [6, 6.07) is 5.90. The lowest BCUT2D eigenvalue weighted by Gasteiger charge is -2.10. The summed E-state index contributed by atoms with van der Waals surface area (Å²) >= 11 is 0. The number of isocyanates is 1. The quantitative estimate of drug-likeness (QED) is 0.544. The molecule has 1 rings (SSSR count).